The van der Waals surface area contributed by atoms with Crippen molar-refractivity contribution in [3.63, 3.8) is 0 Å². The Labute approximate surface area is 253 Å². The number of benzene rings is 2. The molecule has 1 unspecified atom stereocenters. The number of ketones is 1. The van der Waals surface area contributed by atoms with Gasteiger partial charge in [-0.15, -0.1) is 0 Å². The average molecular weight is 590 g/mol. The van der Waals surface area contributed by atoms with Crippen molar-refractivity contribution >= 4 is 23.3 Å². The lowest BCUT2D eigenvalue weighted by Gasteiger charge is -2.41. The van der Waals surface area contributed by atoms with Crippen molar-refractivity contribution in [1.82, 2.24) is 14.8 Å². The zero-order valence-corrected chi connectivity index (χ0v) is 25.5. The van der Waals surface area contributed by atoms with E-state index in [9.17, 15) is 9.59 Å². The molecule has 0 N–H and O–H groups in total. The highest BCUT2D eigenvalue weighted by atomic mass is 35.5. The van der Waals surface area contributed by atoms with Gasteiger partial charge in [-0.05, 0) is 81.3 Å². The Morgan fingerprint density at radius 3 is 2.50 bits per heavy atom. The number of aryl methyl sites for hydroxylation is 2. The maximum absolute atomic E-state index is 13.7. The second-order valence-corrected chi connectivity index (χ2v) is 11.9. The number of carbonyl (C=O) groups excluding carboxylic acids is 2. The predicted octanol–water partition coefficient (Wildman–Crippen LogP) is 6.56. The number of carbonyl (C=O) groups is 2. The molecule has 0 bridgehead atoms. The van der Waals surface area contributed by atoms with E-state index in [0.29, 0.717) is 47.6 Å². The molecule has 2 aromatic carbocycles. The fourth-order valence-corrected chi connectivity index (χ4v) is 6.53. The second kappa shape index (κ2) is 13.7. The molecule has 222 valence electrons. The molecular formula is C34H40ClN3O4. The van der Waals surface area contributed by atoms with Gasteiger partial charge in [0.1, 0.15) is 5.15 Å². The summed E-state index contributed by atoms with van der Waals surface area (Å²) in [5, 5.41) is 0.426. The molecule has 7 nitrogen and oxygen atoms in total. The van der Waals surface area contributed by atoms with Crippen molar-refractivity contribution in [2.24, 2.45) is 0 Å². The molecule has 0 saturated carbocycles. The fraction of sp³-hybridized carbons (Fsp3) is 0.441. The minimum atomic E-state index is 0.130. The minimum absolute atomic E-state index is 0.130. The summed E-state index contributed by atoms with van der Waals surface area (Å²) < 4.78 is 11.0. The number of Topliss-reactive ketones (excluding diaryl/α,β-unsaturated/α-hetero) is 1. The van der Waals surface area contributed by atoms with Crippen LogP contribution in [0.1, 0.15) is 71.8 Å². The van der Waals surface area contributed by atoms with Gasteiger partial charge in [0.15, 0.2) is 17.3 Å². The van der Waals surface area contributed by atoms with Crippen LogP contribution in [0, 0.1) is 13.8 Å². The van der Waals surface area contributed by atoms with E-state index in [1.807, 2.05) is 50.2 Å². The molecule has 2 aliphatic rings. The zero-order valence-electron chi connectivity index (χ0n) is 24.8. The summed E-state index contributed by atoms with van der Waals surface area (Å²) in [6, 6.07) is 18.3. The first-order chi connectivity index (χ1) is 20.3. The lowest BCUT2D eigenvalue weighted by atomic mass is 9.96. The Kier molecular flexibility index (Phi) is 9.80. The van der Waals surface area contributed by atoms with Gasteiger partial charge in [0.25, 0.3) is 0 Å². The summed E-state index contributed by atoms with van der Waals surface area (Å²) in [7, 11) is 0. The second-order valence-electron chi connectivity index (χ2n) is 11.5. The topological polar surface area (TPSA) is 72.0 Å². The van der Waals surface area contributed by atoms with E-state index in [4.69, 9.17) is 21.1 Å². The molecule has 42 heavy (non-hydrogen) atoms. The van der Waals surface area contributed by atoms with Crippen LogP contribution < -0.4 is 9.47 Å². The lowest BCUT2D eigenvalue weighted by Crippen LogP contribution is -2.49. The normalized spacial score (nSPS) is 15.9. The molecule has 8 heteroatoms. The van der Waals surface area contributed by atoms with Crippen LogP contribution in [0.15, 0.2) is 54.6 Å². The van der Waals surface area contributed by atoms with E-state index < -0.39 is 0 Å². The van der Waals surface area contributed by atoms with Crippen LogP contribution in [0.4, 0.5) is 0 Å². The fourth-order valence-electron chi connectivity index (χ4n) is 6.24. The van der Waals surface area contributed by atoms with Gasteiger partial charge in [0.2, 0.25) is 12.7 Å². The first-order valence-electron chi connectivity index (χ1n) is 14.9. The van der Waals surface area contributed by atoms with E-state index in [-0.39, 0.29) is 24.5 Å². The molecule has 3 heterocycles. The molecule has 2 aliphatic heterocycles. The molecular weight excluding hydrogens is 550 g/mol. The molecule has 0 spiro atoms. The summed E-state index contributed by atoms with van der Waals surface area (Å²) in [6.45, 7) is 8.70. The number of hydrogen-bond donors (Lipinski definition) is 0. The van der Waals surface area contributed by atoms with Crippen molar-refractivity contribution in [2.45, 2.75) is 77.9 Å². The molecule has 5 rings (SSSR count). The van der Waals surface area contributed by atoms with E-state index in [1.54, 1.807) is 6.07 Å². The smallest absolute Gasteiger partial charge is 0.231 e. The van der Waals surface area contributed by atoms with E-state index in [0.717, 1.165) is 61.2 Å². The Hall–Kier alpha value is -3.42. The number of pyridine rings is 1. The van der Waals surface area contributed by atoms with Crippen LogP contribution in [0.5, 0.6) is 11.5 Å². The van der Waals surface area contributed by atoms with Crippen molar-refractivity contribution < 1.29 is 19.1 Å². The van der Waals surface area contributed by atoms with E-state index in [2.05, 4.69) is 33.8 Å². The third-order valence-electron chi connectivity index (χ3n) is 8.54. The minimum Gasteiger partial charge on any atom is -0.454 e. The Morgan fingerprint density at radius 2 is 1.76 bits per heavy atom. The third kappa shape index (κ3) is 7.31. The first kappa shape index (κ1) is 30.1. The molecule has 0 aliphatic carbocycles. The van der Waals surface area contributed by atoms with Crippen LogP contribution in [0.2, 0.25) is 5.15 Å². The zero-order chi connectivity index (χ0) is 29.6. The van der Waals surface area contributed by atoms with Gasteiger partial charge >= 0.3 is 0 Å². The van der Waals surface area contributed by atoms with Crippen LogP contribution in [-0.4, -0.2) is 58.4 Å². The highest BCUT2D eigenvalue weighted by molar-refractivity contribution is 6.29. The third-order valence-corrected chi connectivity index (χ3v) is 8.74. The summed E-state index contributed by atoms with van der Waals surface area (Å²) in [5.41, 5.74) is 4.37. The van der Waals surface area contributed by atoms with Crippen molar-refractivity contribution in [3.05, 3.63) is 87.7 Å². The molecule has 1 fully saturated rings. The molecule has 1 aromatic heterocycles. The van der Waals surface area contributed by atoms with Gasteiger partial charge in [0.05, 0.1) is 12.1 Å². The number of likely N-dealkylation sites (tertiary alicyclic amines) is 1. The van der Waals surface area contributed by atoms with Crippen molar-refractivity contribution in [3.8, 4) is 11.5 Å². The lowest BCUT2D eigenvalue weighted by molar-refractivity contribution is -0.134. The quantitative estimate of drug-likeness (QED) is 0.186. The number of amides is 1. The SMILES string of the molecule is Cc1cc(Cl)nc(C)c1C(=O)CCCC(C)N1CCC(N(Cc2ccccc2)C(=O)Cc2ccc3c(c2)OCO3)CC1. The highest BCUT2D eigenvalue weighted by Gasteiger charge is 2.30. The molecule has 1 amide bonds. The molecule has 3 aromatic rings. The molecule has 0 radical (unpaired) electrons. The number of piperidine rings is 1. The molecule has 1 saturated heterocycles. The van der Waals surface area contributed by atoms with Crippen molar-refractivity contribution in [1.29, 1.82) is 0 Å². The van der Waals surface area contributed by atoms with Gasteiger partial charge in [-0.3, -0.25) is 9.59 Å². The van der Waals surface area contributed by atoms with Crippen LogP contribution in [-0.2, 0) is 17.8 Å². The van der Waals surface area contributed by atoms with Crippen LogP contribution in [0.3, 0.4) is 0 Å². The van der Waals surface area contributed by atoms with E-state index in [1.165, 1.54) is 0 Å². The largest absolute Gasteiger partial charge is 0.454 e. The number of hydrogen-bond acceptors (Lipinski definition) is 6. The highest BCUT2D eigenvalue weighted by Crippen LogP contribution is 2.33. The number of rotatable bonds is 11. The molecule has 1 atom stereocenters. The monoisotopic (exact) mass is 589 g/mol. The van der Waals surface area contributed by atoms with Gasteiger partial charge in [0, 0.05) is 43.7 Å². The van der Waals surface area contributed by atoms with Crippen LogP contribution >= 0.6 is 11.6 Å². The standard InChI is InChI=1S/C34H40ClN3O4/c1-23-18-32(35)36-25(3)34(23)29(39)11-7-8-24(2)37-16-14-28(15-17-37)38(21-26-9-5-4-6-10-26)33(40)20-27-12-13-30-31(19-27)42-22-41-30/h4-6,9-10,12-13,18-19,24,28H,7-8,11,14-17,20-22H2,1-3H3. The van der Waals surface area contributed by atoms with Gasteiger partial charge in [-0.2, -0.15) is 0 Å². The maximum atomic E-state index is 13.7. The number of nitrogens with zero attached hydrogens (tertiary/aromatic N) is 3. The predicted molar refractivity (Wildman–Crippen MR) is 164 cm³/mol. The Bertz CT molecular complexity index is 1380. The number of aromatic nitrogens is 1. The summed E-state index contributed by atoms with van der Waals surface area (Å²) in [4.78, 5) is 35.5. The van der Waals surface area contributed by atoms with Gasteiger partial charge in [-0.1, -0.05) is 48.0 Å². The Balaban J connectivity index is 1.16. The van der Waals surface area contributed by atoms with E-state index >= 15 is 0 Å². The van der Waals surface area contributed by atoms with Crippen molar-refractivity contribution in [2.75, 3.05) is 19.9 Å². The van der Waals surface area contributed by atoms with Gasteiger partial charge < -0.3 is 19.3 Å². The summed E-state index contributed by atoms with van der Waals surface area (Å²) in [5.74, 6) is 1.70. The van der Waals surface area contributed by atoms with Crippen LogP contribution in [0.25, 0.3) is 0 Å². The number of ether oxygens (including phenoxy) is 2. The summed E-state index contributed by atoms with van der Waals surface area (Å²) >= 11 is 6.04. The number of fused-ring (bicyclic) bond motifs is 1. The summed E-state index contributed by atoms with van der Waals surface area (Å²) in [6.07, 6.45) is 4.47. The van der Waals surface area contributed by atoms with Gasteiger partial charge in [-0.25, -0.2) is 4.98 Å². The number of halogens is 1. The Morgan fingerprint density at radius 1 is 1.02 bits per heavy atom. The first-order valence-corrected chi connectivity index (χ1v) is 15.3. The maximum Gasteiger partial charge on any atom is 0.231 e. The average Bonchev–Trinajstić information content (AvgIpc) is 3.44.